The molecule has 236 valence electrons. The fourth-order valence-corrected chi connectivity index (χ4v) is 4.12. The highest BCUT2D eigenvalue weighted by Crippen LogP contribution is 2.39. The van der Waals surface area contributed by atoms with Gasteiger partial charge in [-0.15, -0.1) is 0 Å². The van der Waals surface area contributed by atoms with E-state index in [1.54, 1.807) is 32.9 Å². The SMILES string of the molecule is [2H]C([2H])([2H])NC(=O)c1cnc(Cl)cc1Nc1cc(COCc2nc(NC(=O)OC(C)(C)C)ccc2F)cc(-c2ncc(F)cn2)c1OC. The number of nitrogens with zero attached hydrogens (tertiary/aromatic N) is 4. The summed E-state index contributed by atoms with van der Waals surface area (Å²) in [5.41, 5.74) is 0.0178. The summed E-state index contributed by atoms with van der Waals surface area (Å²) in [7, 11) is 1.36. The molecule has 4 rings (SSSR count). The number of nitrogens with one attached hydrogen (secondary N) is 3. The second-order valence-electron chi connectivity index (χ2n) is 10.3. The molecule has 1 aromatic carbocycles. The molecule has 0 fully saturated rings. The van der Waals surface area contributed by atoms with E-state index < -0.39 is 36.2 Å². The van der Waals surface area contributed by atoms with Crippen molar-refractivity contribution in [2.75, 3.05) is 24.7 Å². The topological polar surface area (TPSA) is 149 Å². The molecule has 0 atom stereocenters. The summed E-state index contributed by atoms with van der Waals surface area (Å²) in [6.45, 7) is 1.85. The summed E-state index contributed by atoms with van der Waals surface area (Å²) in [5.74, 6) is -2.04. The van der Waals surface area contributed by atoms with Gasteiger partial charge < -0.3 is 24.8 Å². The summed E-state index contributed by atoms with van der Waals surface area (Å²) in [6.07, 6.45) is 2.26. The minimum atomic E-state index is -2.78. The Hall–Kier alpha value is -4.95. The molecule has 0 saturated heterocycles. The minimum Gasteiger partial charge on any atom is -0.494 e. The Kier molecular flexibility index (Phi) is 9.10. The number of hydrogen-bond acceptors (Lipinski definition) is 10. The number of ether oxygens (including phenoxy) is 3. The number of halogens is 3. The third-order valence-electron chi connectivity index (χ3n) is 5.77. The van der Waals surface area contributed by atoms with Gasteiger partial charge in [-0.3, -0.25) is 10.1 Å². The van der Waals surface area contributed by atoms with Crippen molar-refractivity contribution < 1.29 is 36.7 Å². The maximum Gasteiger partial charge on any atom is 0.413 e. The summed E-state index contributed by atoms with van der Waals surface area (Å²) < 4.78 is 67.1. The van der Waals surface area contributed by atoms with Gasteiger partial charge in [-0.05, 0) is 56.7 Å². The Morgan fingerprint density at radius 3 is 2.47 bits per heavy atom. The maximum absolute atomic E-state index is 14.6. The standard InChI is InChI=1S/C30H30ClF2N7O5/c1-30(2,3)45-29(42)40-25-7-6-20(33)23(39-25)15-44-14-16-8-18(27-36-11-17(32)12-37-27)26(43-5)22(9-16)38-21-10-24(31)35-13-19(21)28(41)34-4/h6-13H,14-15H2,1-5H3,(H,34,41)(H,35,38)(H,39,40,42)/i4D3. The van der Waals surface area contributed by atoms with Gasteiger partial charge in [0.15, 0.2) is 17.4 Å². The normalized spacial score (nSPS) is 12.4. The Labute approximate surface area is 266 Å². The fraction of sp³-hybridized carbons (Fsp3) is 0.267. The first-order chi connectivity index (χ1) is 22.5. The van der Waals surface area contributed by atoms with E-state index >= 15 is 0 Å². The number of pyridine rings is 2. The quantitative estimate of drug-likeness (QED) is 0.174. The molecule has 4 aromatic rings. The van der Waals surface area contributed by atoms with Crippen LogP contribution >= 0.6 is 11.6 Å². The van der Waals surface area contributed by atoms with Crippen LogP contribution < -0.4 is 20.7 Å². The molecule has 0 aliphatic rings. The highest BCUT2D eigenvalue weighted by atomic mass is 35.5. The van der Waals surface area contributed by atoms with E-state index in [1.807, 2.05) is 5.32 Å². The van der Waals surface area contributed by atoms with Crippen LogP contribution in [0, 0.1) is 11.6 Å². The molecule has 3 heterocycles. The van der Waals surface area contributed by atoms with E-state index in [1.165, 1.54) is 19.2 Å². The minimum absolute atomic E-state index is 0.0126. The molecule has 0 bridgehead atoms. The fourth-order valence-electron chi connectivity index (χ4n) is 3.96. The zero-order valence-corrected chi connectivity index (χ0v) is 25.3. The number of aromatic nitrogens is 4. The first-order valence-electron chi connectivity index (χ1n) is 14.7. The lowest BCUT2D eigenvalue weighted by Crippen LogP contribution is -2.27. The van der Waals surface area contributed by atoms with Crippen molar-refractivity contribution in [3.8, 4) is 17.1 Å². The number of anilines is 3. The molecule has 15 heteroatoms. The van der Waals surface area contributed by atoms with Crippen molar-refractivity contribution in [2.24, 2.45) is 0 Å². The van der Waals surface area contributed by atoms with Gasteiger partial charge >= 0.3 is 6.09 Å². The summed E-state index contributed by atoms with van der Waals surface area (Å²) in [5, 5.41) is 7.35. The molecule has 3 aromatic heterocycles. The van der Waals surface area contributed by atoms with Crippen LogP contribution in [0.4, 0.5) is 30.8 Å². The predicted octanol–water partition coefficient (Wildman–Crippen LogP) is 6.04. The van der Waals surface area contributed by atoms with Crippen molar-refractivity contribution in [3.05, 3.63) is 82.5 Å². The van der Waals surface area contributed by atoms with Gasteiger partial charge in [-0.2, -0.15) is 0 Å². The summed E-state index contributed by atoms with van der Waals surface area (Å²) in [4.78, 5) is 41.0. The van der Waals surface area contributed by atoms with Gasteiger partial charge in [0.1, 0.15) is 28.1 Å². The van der Waals surface area contributed by atoms with E-state index in [0.29, 0.717) is 5.56 Å². The van der Waals surface area contributed by atoms with Crippen molar-refractivity contribution in [2.45, 2.75) is 39.6 Å². The van der Waals surface area contributed by atoms with Crippen molar-refractivity contribution in [3.63, 3.8) is 0 Å². The highest BCUT2D eigenvalue weighted by molar-refractivity contribution is 6.29. The first-order valence-corrected chi connectivity index (χ1v) is 13.6. The van der Waals surface area contributed by atoms with Gasteiger partial charge in [0, 0.05) is 17.3 Å². The molecule has 0 saturated carbocycles. The molecular weight excluding hydrogens is 612 g/mol. The Balaban J connectivity index is 1.66. The third kappa shape index (κ3) is 8.80. The molecule has 0 spiro atoms. The number of carbonyl (C=O) groups is 2. The van der Waals surface area contributed by atoms with Crippen LogP contribution in [-0.2, 0) is 22.7 Å². The van der Waals surface area contributed by atoms with Crippen LogP contribution in [0.15, 0.2) is 48.9 Å². The average molecular weight is 645 g/mol. The second kappa shape index (κ2) is 14.2. The molecule has 0 radical (unpaired) electrons. The van der Waals surface area contributed by atoms with Crippen molar-refractivity contribution in [1.82, 2.24) is 25.3 Å². The molecule has 3 N–H and O–H groups in total. The monoisotopic (exact) mass is 644 g/mol. The van der Waals surface area contributed by atoms with Gasteiger partial charge in [0.05, 0.1) is 55.2 Å². The molecule has 0 aliphatic carbocycles. The lowest BCUT2D eigenvalue weighted by molar-refractivity contribution is 0.0634. The van der Waals surface area contributed by atoms with Crippen LogP contribution in [0.2, 0.25) is 5.15 Å². The maximum atomic E-state index is 14.6. The third-order valence-corrected chi connectivity index (χ3v) is 5.97. The number of methoxy groups -OCH3 is 1. The molecule has 45 heavy (non-hydrogen) atoms. The predicted molar refractivity (Wildman–Crippen MR) is 162 cm³/mol. The molecule has 12 nitrogen and oxygen atoms in total. The van der Waals surface area contributed by atoms with Crippen molar-refractivity contribution >= 4 is 40.8 Å². The van der Waals surface area contributed by atoms with Gasteiger partial charge in [0.25, 0.3) is 5.91 Å². The van der Waals surface area contributed by atoms with E-state index in [-0.39, 0.29) is 64.0 Å². The second-order valence-corrected chi connectivity index (χ2v) is 10.7. The van der Waals surface area contributed by atoms with Crippen molar-refractivity contribution in [1.29, 1.82) is 0 Å². The van der Waals surface area contributed by atoms with Crippen LogP contribution in [-0.4, -0.2) is 51.6 Å². The Morgan fingerprint density at radius 1 is 1.02 bits per heavy atom. The Morgan fingerprint density at radius 2 is 1.78 bits per heavy atom. The number of benzene rings is 1. The molecule has 0 aliphatic heterocycles. The van der Waals surface area contributed by atoms with E-state index in [9.17, 15) is 18.4 Å². The highest BCUT2D eigenvalue weighted by Gasteiger charge is 2.20. The number of amides is 2. The molecule has 0 unspecified atom stereocenters. The molecule has 2 amide bonds. The smallest absolute Gasteiger partial charge is 0.413 e. The van der Waals surface area contributed by atoms with Crippen LogP contribution in [0.3, 0.4) is 0 Å². The lowest BCUT2D eigenvalue weighted by Gasteiger charge is -2.19. The summed E-state index contributed by atoms with van der Waals surface area (Å²) in [6, 6.07) is 6.88. The van der Waals surface area contributed by atoms with Crippen LogP contribution in [0.5, 0.6) is 5.75 Å². The van der Waals surface area contributed by atoms with E-state index in [4.69, 9.17) is 29.9 Å². The number of carbonyl (C=O) groups excluding carboxylic acids is 2. The zero-order chi connectivity index (χ0) is 35.2. The average Bonchev–Trinajstić information content (AvgIpc) is 2.97. The van der Waals surface area contributed by atoms with Gasteiger partial charge in [-0.25, -0.2) is 33.5 Å². The largest absolute Gasteiger partial charge is 0.494 e. The van der Waals surface area contributed by atoms with Crippen LogP contribution in [0.25, 0.3) is 11.4 Å². The molecular formula is C30H30ClF2N7O5. The summed E-state index contributed by atoms with van der Waals surface area (Å²) >= 11 is 6.11. The Bertz CT molecular complexity index is 1810. The first kappa shape index (κ1) is 28.8. The van der Waals surface area contributed by atoms with Crippen LogP contribution in [0.1, 0.15) is 46.5 Å². The number of hydrogen-bond donors (Lipinski definition) is 3. The van der Waals surface area contributed by atoms with Gasteiger partial charge in [-0.1, -0.05) is 11.6 Å². The number of rotatable bonds is 10. The zero-order valence-electron chi connectivity index (χ0n) is 27.5. The van der Waals surface area contributed by atoms with E-state index in [0.717, 1.165) is 24.7 Å². The van der Waals surface area contributed by atoms with Gasteiger partial charge in [0.2, 0.25) is 0 Å². The van der Waals surface area contributed by atoms with E-state index in [2.05, 4.69) is 30.6 Å². The lowest BCUT2D eigenvalue weighted by atomic mass is 10.1.